The van der Waals surface area contributed by atoms with E-state index in [9.17, 15) is 27.9 Å². The van der Waals surface area contributed by atoms with E-state index >= 15 is 4.39 Å². The molecule has 3 heterocycles. The van der Waals surface area contributed by atoms with E-state index in [1.165, 1.54) is 6.20 Å². The van der Waals surface area contributed by atoms with Gasteiger partial charge in [0.25, 0.3) is 0 Å². The van der Waals surface area contributed by atoms with Gasteiger partial charge in [-0.15, -0.1) is 12.4 Å². The summed E-state index contributed by atoms with van der Waals surface area (Å²) < 4.78 is 55.5. The molecule has 1 N–H and O–H groups in total. The molecule has 1 aromatic heterocycles. The van der Waals surface area contributed by atoms with Gasteiger partial charge in [-0.05, 0) is 18.9 Å². The second kappa shape index (κ2) is 7.73. The largest absolute Gasteiger partial charge is 0.477 e. The van der Waals surface area contributed by atoms with Crippen LogP contribution >= 0.6 is 12.4 Å². The highest BCUT2D eigenvalue weighted by atomic mass is 35.5. The maximum absolute atomic E-state index is 15.1. The molecule has 0 spiro atoms. The summed E-state index contributed by atoms with van der Waals surface area (Å²) in [7, 11) is 0. The SMILES string of the molecule is CCC1Cc2c(N3CCN(C(F)(F)F)CC3)c(F)cc3c(=O)c(C(=O)O)cn1c23.Cl. The molecule has 6 nitrogen and oxygen atoms in total. The minimum Gasteiger partial charge on any atom is -0.477 e. The Bertz CT molecular complexity index is 1060. The molecule has 1 atom stereocenters. The average Bonchev–Trinajstić information content (AvgIpc) is 3.02. The number of pyridine rings is 1. The van der Waals surface area contributed by atoms with E-state index in [0.29, 0.717) is 28.8 Å². The smallest absolute Gasteiger partial charge is 0.460 e. The molecule has 0 saturated carbocycles. The summed E-state index contributed by atoms with van der Waals surface area (Å²) in [6.07, 6.45) is -2.11. The van der Waals surface area contributed by atoms with Gasteiger partial charge in [0.05, 0.1) is 11.2 Å². The van der Waals surface area contributed by atoms with Gasteiger partial charge in [0.2, 0.25) is 5.43 Å². The molecular weight excluding hydrogens is 430 g/mol. The monoisotopic (exact) mass is 449 g/mol. The highest BCUT2D eigenvalue weighted by molar-refractivity contribution is 5.96. The van der Waals surface area contributed by atoms with E-state index in [1.54, 1.807) is 9.47 Å². The van der Waals surface area contributed by atoms with Crippen molar-refractivity contribution in [1.29, 1.82) is 0 Å². The van der Waals surface area contributed by atoms with Crippen molar-refractivity contribution in [2.45, 2.75) is 32.1 Å². The van der Waals surface area contributed by atoms with Gasteiger partial charge in [0.1, 0.15) is 11.4 Å². The number of anilines is 1. The first-order valence-electron chi connectivity index (χ1n) is 9.33. The molecular formula is C19H20ClF4N3O3. The highest BCUT2D eigenvalue weighted by Gasteiger charge is 2.40. The first-order valence-corrected chi connectivity index (χ1v) is 9.33. The number of rotatable bonds is 3. The van der Waals surface area contributed by atoms with E-state index in [4.69, 9.17) is 0 Å². The minimum absolute atomic E-state index is 0. The lowest BCUT2D eigenvalue weighted by Gasteiger charge is -2.37. The van der Waals surface area contributed by atoms with Crippen LogP contribution in [0.1, 0.15) is 35.3 Å². The molecule has 0 radical (unpaired) electrons. The summed E-state index contributed by atoms with van der Waals surface area (Å²) in [6.45, 7) is 1.36. The Kier molecular flexibility index (Phi) is 5.76. The van der Waals surface area contributed by atoms with Gasteiger partial charge in [0, 0.05) is 49.4 Å². The molecule has 1 aromatic carbocycles. The van der Waals surface area contributed by atoms with Crippen LogP contribution in [-0.2, 0) is 6.42 Å². The normalized spacial score (nSPS) is 19.2. The average molecular weight is 450 g/mol. The molecule has 0 bridgehead atoms. The van der Waals surface area contributed by atoms with E-state index < -0.39 is 29.1 Å². The molecule has 2 aromatic rings. The zero-order chi connectivity index (χ0) is 21.1. The molecule has 4 rings (SSSR count). The Hall–Kier alpha value is -2.33. The fourth-order valence-corrected chi connectivity index (χ4v) is 4.39. The van der Waals surface area contributed by atoms with Crippen LogP contribution in [0.25, 0.3) is 10.9 Å². The number of halogens is 5. The number of carbonyl (C=O) groups is 1. The summed E-state index contributed by atoms with van der Waals surface area (Å²) in [5, 5.41) is 9.32. The van der Waals surface area contributed by atoms with Gasteiger partial charge < -0.3 is 14.6 Å². The Labute approximate surface area is 175 Å². The van der Waals surface area contributed by atoms with Crippen molar-refractivity contribution in [2.75, 3.05) is 31.1 Å². The van der Waals surface area contributed by atoms with E-state index in [-0.39, 0.29) is 55.7 Å². The summed E-state index contributed by atoms with van der Waals surface area (Å²) >= 11 is 0. The molecule has 11 heteroatoms. The summed E-state index contributed by atoms with van der Waals surface area (Å²) in [5.41, 5.74) is 0.0678. The minimum atomic E-state index is -4.42. The van der Waals surface area contributed by atoms with Crippen LogP contribution in [0.15, 0.2) is 17.1 Å². The summed E-state index contributed by atoms with van der Waals surface area (Å²) in [6, 6.07) is 0.872. The van der Waals surface area contributed by atoms with Gasteiger partial charge in [-0.3, -0.25) is 4.79 Å². The molecule has 164 valence electrons. The van der Waals surface area contributed by atoms with Crippen LogP contribution in [0.3, 0.4) is 0 Å². The number of piperazine rings is 1. The van der Waals surface area contributed by atoms with Crippen molar-refractivity contribution >= 4 is 35.0 Å². The second-order valence-electron chi connectivity index (χ2n) is 7.37. The highest BCUT2D eigenvalue weighted by Crippen LogP contribution is 2.41. The molecule has 2 aliphatic heterocycles. The van der Waals surface area contributed by atoms with Crippen molar-refractivity contribution in [3.8, 4) is 0 Å². The van der Waals surface area contributed by atoms with Crippen LogP contribution in [0.4, 0.5) is 23.2 Å². The molecule has 2 aliphatic rings. The summed E-state index contributed by atoms with van der Waals surface area (Å²) in [4.78, 5) is 26.0. The third-order valence-electron chi connectivity index (χ3n) is 5.83. The van der Waals surface area contributed by atoms with Crippen molar-refractivity contribution in [2.24, 2.45) is 0 Å². The van der Waals surface area contributed by atoms with E-state index in [1.807, 2.05) is 6.92 Å². The number of carboxylic acids is 1. The van der Waals surface area contributed by atoms with Crippen molar-refractivity contribution in [3.05, 3.63) is 39.4 Å². The third-order valence-corrected chi connectivity index (χ3v) is 5.83. The predicted molar refractivity (Wildman–Crippen MR) is 105 cm³/mol. The molecule has 1 unspecified atom stereocenters. The summed E-state index contributed by atoms with van der Waals surface area (Å²) in [5.74, 6) is -2.09. The van der Waals surface area contributed by atoms with Gasteiger partial charge in [0.15, 0.2) is 0 Å². The molecule has 1 saturated heterocycles. The lowest BCUT2D eigenvalue weighted by Crippen LogP contribution is -2.52. The number of nitrogens with zero attached hydrogens (tertiary/aromatic N) is 3. The van der Waals surface area contributed by atoms with Gasteiger partial charge in [-0.1, -0.05) is 6.92 Å². The van der Waals surface area contributed by atoms with Crippen molar-refractivity contribution in [1.82, 2.24) is 9.47 Å². The zero-order valence-corrected chi connectivity index (χ0v) is 16.8. The van der Waals surface area contributed by atoms with Crippen LogP contribution in [-0.4, -0.2) is 53.0 Å². The van der Waals surface area contributed by atoms with Gasteiger partial charge in [-0.25, -0.2) is 14.1 Å². The number of hydrogen-bond donors (Lipinski definition) is 1. The van der Waals surface area contributed by atoms with Crippen molar-refractivity contribution in [3.63, 3.8) is 0 Å². The first-order chi connectivity index (χ1) is 13.6. The standard InChI is InChI=1S/C19H19F4N3O3.ClH/c1-2-10-7-11-15-12(17(27)13(18(28)29)9-26(10)15)8-14(20)16(11)24-3-5-25(6-4-24)19(21,22)23;/h8-10H,2-7H2,1H3,(H,28,29);1H. The van der Waals surface area contributed by atoms with Crippen LogP contribution in [0.2, 0.25) is 0 Å². The number of benzene rings is 1. The van der Waals surface area contributed by atoms with Crippen LogP contribution in [0, 0.1) is 5.82 Å². The number of hydrogen-bond acceptors (Lipinski definition) is 4. The molecule has 0 aliphatic carbocycles. The number of carboxylic acid groups (broad SMARTS) is 1. The lowest BCUT2D eigenvalue weighted by molar-refractivity contribution is -0.246. The Balaban J connectivity index is 0.00000256. The second-order valence-corrected chi connectivity index (χ2v) is 7.37. The zero-order valence-electron chi connectivity index (χ0n) is 16.0. The molecule has 30 heavy (non-hydrogen) atoms. The number of alkyl halides is 3. The fraction of sp³-hybridized carbons (Fsp3) is 0.474. The van der Waals surface area contributed by atoms with Crippen LogP contribution in [0.5, 0.6) is 0 Å². The maximum Gasteiger partial charge on any atom is 0.460 e. The maximum atomic E-state index is 15.1. The fourth-order valence-electron chi connectivity index (χ4n) is 4.39. The Morgan fingerprint density at radius 1 is 1.23 bits per heavy atom. The Morgan fingerprint density at radius 3 is 2.40 bits per heavy atom. The van der Waals surface area contributed by atoms with Gasteiger partial charge >= 0.3 is 12.3 Å². The Morgan fingerprint density at radius 2 is 1.87 bits per heavy atom. The molecule has 1 fully saturated rings. The quantitative estimate of drug-likeness (QED) is 0.574. The number of aromatic nitrogens is 1. The first kappa shape index (κ1) is 22.4. The van der Waals surface area contributed by atoms with E-state index in [0.717, 1.165) is 6.07 Å². The number of aromatic carboxylic acids is 1. The van der Waals surface area contributed by atoms with E-state index in [2.05, 4.69) is 0 Å². The van der Waals surface area contributed by atoms with Crippen LogP contribution < -0.4 is 10.3 Å². The van der Waals surface area contributed by atoms with Crippen molar-refractivity contribution < 1.29 is 27.5 Å². The lowest BCUT2D eigenvalue weighted by atomic mass is 10.0. The van der Waals surface area contributed by atoms with Gasteiger partial charge in [-0.2, -0.15) is 13.2 Å². The predicted octanol–water partition coefficient (Wildman–Crippen LogP) is 3.41. The molecule has 0 amide bonds. The third kappa shape index (κ3) is 3.41. The topological polar surface area (TPSA) is 65.8 Å².